The predicted molar refractivity (Wildman–Crippen MR) is 115 cm³/mol. The molecule has 0 heterocycles. The molecule has 0 saturated carbocycles. The van der Waals surface area contributed by atoms with E-state index in [-0.39, 0.29) is 24.8 Å². The molecule has 28 heavy (non-hydrogen) atoms. The summed E-state index contributed by atoms with van der Waals surface area (Å²) in [6, 6.07) is 11.6. The number of hydrogen-bond donors (Lipinski definition) is 1. The number of rotatable bonds is 8. The van der Waals surface area contributed by atoms with E-state index in [4.69, 9.17) is 34.8 Å². The van der Waals surface area contributed by atoms with Gasteiger partial charge in [0, 0.05) is 28.2 Å². The zero-order valence-corrected chi connectivity index (χ0v) is 18.1. The van der Waals surface area contributed by atoms with Crippen molar-refractivity contribution >= 4 is 46.6 Å². The number of benzene rings is 2. The van der Waals surface area contributed by atoms with Gasteiger partial charge in [-0.25, -0.2) is 0 Å². The van der Waals surface area contributed by atoms with Crippen LogP contribution >= 0.6 is 34.8 Å². The van der Waals surface area contributed by atoms with Crippen LogP contribution in [0.3, 0.4) is 0 Å². The van der Waals surface area contributed by atoms with Crippen LogP contribution < -0.4 is 5.32 Å². The maximum atomic E-state index is 13.1. The molecule has 0 bridgehead atoms. The third-order valence-electron chi connectivity index (χ3n) is 4.32. The summed E-state index contributed by atoms with van der Waals surface area (Å²) in [4.78, 5) is 27.1. The molecule has 0 aliphatic rings. The Morgan fingerprint density at radius 1 is 1.07 bits per heavy atom. The molecule has 150 valence electrons. The van der Waals surface area contributed by atoms with Crippen LogP contribution in [0.1, 0.15) is 31.4 Å². The van der Waals surface area contributed by atoms with Crippen molar-refractivity contribution in [1.82, 2.24) is 10.2 Å². The molecule has 2 rings (SSSR count). The molecule has 4 nitrogen and oxygen atoms in total. The fourth-order valence-corrected chi connectivity index (χ4v) is 3.42. The van der Waals surface area contributed by atoms with E-state index in [9.17, 15) is 9.59 Å². The second-order valence-electron chi connectivity index (χ2n) is 6.53. The average Bonchev–Trinajstić information content (AvgIpc) is 2.65. The normalized spacial score (nSPS) is 11.8. The highest BCUT2D eigenvalue weighted by atomic mass is 35.5. The first-order chi connectivity index (χ1) is 13.3. The van der Waals surface area contributed by atoms with Gasteiger partial charge in [-0.3, -0.25) is 9.59 Å². The van der Waals surface area contributed by atoms with Crippen LogP contribution in [0.2, 0.25) is 15.1 Å². The van der Waals surface area contributed by atoms with Crippen LogP contribution in [0.4, 0.5) is 0 Å². The van der Waals surface area contributed by atoms with Crippen molar-refractivity contribution < 1.29 is 9.59 Å². The van der Waals surface area contributed by atoms with Crippen LogP contribution in [0.5, 0.6) is 0 Å². The van der Waals surface area contributed by atoms with Crippen LogP contribution in [0.15, 0.2) is 42.5 Å². The van der Waals surface area contributed by atoms with E-state index in [2.05, 4.69) is 5.32 Å². The van der Waals surface area contributed by atoms with Crippen molar-refractivity contribution in [2.45, 2.75) is 39.3 Å². The number of carbonyl (C=O) groups is 2. The first-order valence-electron chi connectivity index (χ1n) is 9.07. The van der Waals surface area contributed by atoms with Gasteiger partial charge in [0.05, 0.1) is 6.42 Å². The van der Waals surface area contributed by atoms with Gasteiger partial charge in [-0.05, 0) is 48.7 Å². The molecule has 0 unspecified atom stereocenters. The van der Waals surface area contributed by atoms with Gasteiger partial charge in [0.1, 0.15) is 6.04 Å². The largest absolute Gasteiger partial charge is 0.354 e. The van der Waals surface area contributed by atoms with E-state index in [1.165, 1.54) is 4.90 Å². The average molecular weight is 442 g/mol. The van der Waals surface area contributed by atoms with E-state index in [1.807, 2.05) is 13.0 Å². The van der Waals surface area contributed by atoms with Gasteiger partial charge in [0.15, 0.2) is 0 Å². The summed E-state index contributed by atoms with van der Waals surface area (Å²) in [7, 11) is 0. The third-order valence-corrected chi connectivity index (χ3v) is 5.14. The summed E-state index contributed by atoms with van der Waals surface area (Å²) >= 11 is 18.3. The van der Waals surface area contributed by atoms with Crippen molar-refractivity contribution in [3.05, 3.63) is 68.7 Å². The Labute approximate surface area is 180 Å². The molecule has 1 atom stereocenters. The lowest BCUT2D eigenvalue weighted by atomic mass is 10.1. The lowest BCUT2D eigenvalue weighted by molar-refractivity contribution is -0.140. The molecule has 0 fully saturated rings. The van der Waals surface area contributed by atoms with Crippen LogP contribution in [-0.2, 0) is 22.6 Å². The van der Waals surface area contributed by atoms with Crippen molar-refractivity contribution in [2.75, 3.05) is 6.54 Å². The molecule has 0 aromatic heterocycles. The number of hydrogen-bond acceptors (Lipinski definition) is 2. The summed E-state index contributed by atoms with van der Waals surface area (Å²) < 4.78 is 0. The molecule has 1 N–H and O–H groups in total. The minimum atomic E-state index is -0.648. The van der Waals surface area contributed by atoms with Crippen LogP contribution in [-0.4, -0.2) is 29.3 Å². The number of amides is 2. The number of halogens is 3. The van der Waals surface area contributed by atoms with Gasteiger partial charge in [-0.1, -0.05) is 59.9 Å². The van der Waals surface area contributed by atoms with E-state index >= 15 is 0 Å². The monoisotopic (exact) mass is 440 g/mol. The Bertz CT molecular complexity index is 842. The zero-order chi connectivity index (χ0) is 20.7. The second kappa shape index (κ2) is 10.7. The molecule has 2 aromatic rings. The van der Waals surface area contributed by atoms with Crippen molar-refractivity contribution in [3.63, 3.8) is 0 Å². The SMILES string of the molecule is CCCNC(=O)[C@@H](C)N(Cc1ccc(Cl)cc1Cl)C(=O)Cc1cccc(Cl)c1. The summed E-state index contributed by atoms with van der Waals surface area (Å²) in [5.41, 5.74) is 1.51. The minimum Gasteiger partial charge on any atom is -0.354 e. The quantitative estimate of drug-likeness (QED) is 0.617. The Morgan fingerprint density at radius 3 is 2.43 bits per heavy atom. The van der Waals surface area contributed by atoms with Crippen molar-refractivity contribution in [1.29, 1.82) is 0 Å². The van der Waals surface area contributed by atoms with Gasteiger partial charge in [-0.15, -0.1) is 0 Å². The molecule has 0 radical (unpaired) electrons. The fraction of sp³-hybridized carbons (Fsp3) is 0.333. The number of nitrogens with one attached hydrogen (secondary N) is 1. The topological polar surface area (TPSA) is 49.4 Å². The van der Waals surface area contributed by atoms with Gasteiger partial charge in [0.25, 0.3) is 0 Å². The smallest absolute Gasteiger partial charge is 0.242 e. The molecular weight excluding hydrogens is 419 g/mol. The Hall–Kier alpha value is -1.75. The lowest BCUT2D eigenvalue weighted by Crippen LogP contribution is -2.48. The van der Waals surface area contributed by atoms with E-state index in [1.54, 1.807) is 43.3 Å². The van der Waals surface area contributed by atoms with Crippen LogP contribution in [0.25, 0.3) is 0 Å². The summed E-state index contributed by atoms with van der Waals surface area (Å²) in [6.45, 7) is 4.45. The molecule has 0 aliphatic carbocycles. The molecular formula is C21H23Cl3N2O2. The summed E-state index contributed by atoms with van der Waals surface area (Å²) in [5, 5.41) is 4.37. The van der Waals surface area contributed by atoms with Crippen molar-refractivity contribution in [2.24, 2.45) is 0 Å². The minimum absolute atomic E-state index is 0.136. The highest BCUT2D eigenvalue weighted by Gasteiger charge is 2.26. The van der Waals surface area contributed by atoms with Crippen LogP contribution in [0, 0.1) is 0 Å². The molecule has 7 heteroatoms. The predicted octanol–water partition coefficient (Wildman–Crippen LogP) is 5.13. The Kier molecular flexibility index (Phi) is 8.61. The maximum Gasteiger partial charge on any atom is 0.242 e. The van der Waals surface area contributed by atoms with E-state index in [0.717, 1.165) is 17.5 Å². The summed E-state index contributed by atoms with van der Waals surface area (Å²) in [6.07, 6.45) is 0.953. The van der Waals surface area contributed by atoms with Gasteiger partial charge < -0.3 is 10.2 Å². The van der Waals surface area contributed by atoms with Gasteiger partial charge >= 0.3 is 0 Å². The second-order valence-corrected chi connectivity index (χ2v) is 7.81. The van der Waals surface area contributed by atoms with E-state index in [0.29, 0.717) is 21.6 Å². The molecule has 0 spiro atoms. The number of carbonyl (C=O) groups excluding carboxylic acids is 2. The highest BCUT2D eigenvalue weighted by Crippen LogP contribution is 2.24. The van der Waals surface area contributed by atoms with Gasteiger partial charge in [0.2, 0.25) is 11.8 Å². The molecule has 2 amide bonds. The zero-order valence-electron chi connectivity index (χ0n) is 15.8. The summed E-state index contributed by atoms with van der Waals surface area (Å²) in [5.74, 6) is -0.390. The Balaban J connectivity index is 2.26. The standard InChI is InChI=1S/C21H23Cl3N2O2/c1-3-9-25-21(28)14(2)26(13-16-7-8-18(23)12-19(16)24)20(27)11-15-5-4-6-17(22)10-15/h4-8,10,12,14H,3,9,11,13H2,1-2H3,(H,25,28)/t14-/m1/s1. The Morgan fingerprint density at radius 2 is 1.79 bits per heavy atom. The van der Waals surface area contributed by atoms with Gasteiger partial charge in [-0.2, -0.15) is 0 Å². The highest BCUT2D eigenvalue weighted by molar-refractivity contribution is 6.35. The third kappa shape index (κ3) is 6.40. The first-order valence-corrected chi connectivity index (χ1v) is 10.2. The lowest BCUT2D eigenvalue weighted by Gasteiger charge is -2.29. The van der Waals surface area contributed by atoms with E-state index < -0.39 is 6.04 Å². The maximum absolute atomic E-state index is 13.1. The molecule has 2 aromatic carbocycles. The first kappa shape index (κ1) is 22.5. The molecule has 0 saturated heterocycles. The molecule has 0 aliphatic heterocycles. The fourth-order valence-electron chi connectivity index (χ4n) is 2.74. The number of nitrogens with zero attached hydrogens (tertiary/aromatic N) is 1. The van der Waals surface area contributed by atoms with Crippen molar-refractivity contribution in [3.8, 4) is 0 Å².